The summed E-state index contributed by atoms with van der Waals surface area (Å²) in [6, 6.07) is 0. The molecule has 1 heterocycles. The molecule has 3 nitrogen and oxygen atoms in total. The molecule has 0 N–H and O–H groups in total. The predicted octanol–water partition coefficient (Wildman–Crippen LogP) is 1.15. The summed E-state index contributed by atoms with van der Waals surface area (Å²) in [5.41, 5.74) is -0.224. The van der Waals surface area contributed by atoms with Gasteiger partial charge in [0.2, 0.25) is 5.52 Å². The van der Waals surface area contributed by atoms with E-state index in [0.717, 1.165) is 6.26 Å². The predicted molar refractivity (Wildman–Crippen MR) is 29.4 cm³/mol. The fourth-order valence-electron chi connectivity index (χ4n) is 0.230. The third-order valence-electron chi connectivity index (χ3n) is 0.551. The van der Waals surface area contributed by atoms with Crippen molar-refractivity contribution < 1.29 is 14.4 Å². The second-order valence-corrected chi connectivity index (χ2v) is 2.31. The molecule has 0 radical (unpaired) electrons. The molecule has 0 aromatic heterocycles. The van der Waals surface area contributed by atoms with E-state index in [0.29, 0.717) is 0 Å². The summed E-state index contributed by atoms with van der Waals surface area (Å²) in [5.74, 6) is 0. The summed E-state index contributed by atoms with van der Waals surface area (Å²) in [6.07, 6.45) is 1.07. The fourth-order valence-corrected chi connectivity index (χ4v) is 0.711. The van der Waals surface area contributed by atoms with Crippen LogP contribution in [0.5, 0.6) is 0 Å². The average molecular weight is 152 g/mol. The maximum Gasteiger partial charge on any atom is 0.227 e. The number of hydrogen-bond donors (Lipinski definition) is 0. The van der Waals surface area contributed by atoms with Crippen LogP contribution in [0.3, 0.4) is 0 Å². The van der Waals surface area contributed by atoms with Crippen molar-refractivity contribution in [2.45, 2.75) is 0 Å². The molecular formula is C3H2ClO3P. The summed E-state index contributed by atoms with van der Waals surface area (Å²) in [6.45, 7) is 0. The molecule has 44 valence electrons. The van der Waals surface area contributed by atoms with Crippen LogP contribution in [-0.4, -0.2) is 5.52 Å². The number of rotatable bonds is 0. The molecule has 0 saturated carbocycles. The molecule has 1 atom stereocenters. The fraction of sp³-hybridized carbons (Fsp3) is 0. The molecule has 8 heavy (non-hydrogen) atoms. The molecule has 1 aliphatic heterocycles. The molecule has 0 fully saturated rings. The summed E-state index contributed by atoms with van der Waals surface area (Å²) in [5, 5.41) is 0.0922. The lowest BCUT2D eigenvalue weighted by Gasteiger charge is -2.03. The molecule has 0 aromatic carbocycles. The third-order valence-corrected chi connectivity index (χ3v) is 1.60. The smallest absolute Gasteiger partial charge is 0.227 e. The van der Waals surface area contributed by atoms with E-state index >= 15 is 0 Å². The molecule has 5 heteroatoms. The van der Waals surface area contributed by atoms with Gasteiger partial charge in [-0.05, 0) is 0 Å². The third kappa shape index (κ3) is 1.19. The largest absolute Gasteiger partial charge is 0.340 e. The van der Waals surface area contributed by atoms with Gasteiger partial charge in [-0.1, -0.05) is 11.6 Å². The Balaban J connectivity index is 2.67. The van der Waals surface area contributed by atoms with Crippen LogP contribution in [0.15, 0.2) is 11.3 Å². The van der Waals surface area contributed by atoms with Crippen LogP contribution in [0.4, 0.5) is 0 Å². The van der Waals surface area contributed by atoms with E-state index in [1.54, 1.807) is 0 Å². The number of carbonyl (C=O) groups excluding carboxylic acids is 1. The summed E-state index contributed by atoms with van der Waals surface area (Å²) in [4.78, 5) is 14.7. The van der Waals surface area contributed by atoms with Crippen molar-refractivity contribution in [2.24, 2.45) is 0 Å². The van der Waals surface area contributed by atoms with Crippen LogP contribution in [0.1, 0.15) is 0 Å². The molecule has 0 bridgehead atoms. The van der Waals surface area contributed by atoms with Gasteiger partial charge in [-0.3, -0.25) is 4.79 Å². The van der Waals surface area contributed by atoms with Crippen LogP contribution in [-0.2, 0) is 14.4 Å². The summed E-state index contributed by atoms with van der Waals surface area (Å²) >= 11 is 5.28. The van der Waals surface area contributed by atoms with Gasteiger partial charge in [0.1, 0.15) is 13.8 Å². The zero-order chi connectivity index (χ0) is 5.98. The molecular weight excluding hydrogens is 150 g/mol. The van der Waals surface area contributed by atoms with Gasteiger partial charge in [0.15, 0.2) is 6.26 Å². The van der Waals surface area contributed by atoms with Crippen molar-refractivity contribution in [1.82, 2.24) is 0 Å². The molecule has 1 aliphatic rings. The second-order valence-electron chi connectivity index (χ2n) is 1.08. The molecule has 1 unspecified atom stereocenters. The Hall–Kier alpha value is -0.110. The lowest BCUT2D eigenvalue weighted by molar-refractivity contribution is -0.145. The molecule has 0 aromatic rings. The normalized spacial score (nSPS) is 22.6. The first-order chi connectivity index (χ1) is 3.80. The number of halogens is 1. The lowest BCUT2D eigenvalue weighted by Crippen LogP contribution is -1.96. The highest BCUT2D eigenvalue weighted by Crippen LogP contribution is 2.26. The minimum Gasteiger partial charge on any atom is -0.340 e. The Morgan fingerprint density at radius 2 is 2.50 bits per heavy atom. The van der Waals surface area contributed by atoms with Gasteiger partial charge in [0.05, 0.1) is 0 Å². The molecule has 0 amide bonds. The van der Waals surface area contributed by atoms with Crippen molar-refractivity contribution in [2.75, 3.05) is 0 Å². The first-order valence-corrected chi connectivity index (χ1v) is 3.07. The van der Waals surface area contributed by atoms with E-state index in [9.17, 15) is 4.79 Å². The molecule has 0 saturated heterocycles. The maximum atomic E-state index is 10.4. The van der Waals surface area contributed by atoms with Crippen molar-refractivity contribution in [3.8, 4) is 0 Å². The summed E-state index contributed by atoms with van der Waals surface area (Å²) < 4.78 is 4.27. The second kappa shape index (κ2) is 2.44. The number of allylic oxidation sites excluding steroid dienone is 1. The topological polar surface area (TPSA) is 35.5 Å². The zero-order valence-electron chi connectivity index (χ0n) is 3.68. The Bertz CT molecular complexity index is 143. The molecule has 0 spiro atoms. The molecule has 0 aliphatic carbocycles. The van der Waals surface area contributed by atoms with Crippen LogP contribution < -0.4 is 0 Å². The van der Waals surface area contributed by atoms with Gasteiger partial charge in [0, 0.05) is 0 Å². The van der Waals surface area contributed by atoms with Crippen molar-refractivity contribution in [3.63, 3.8) is 0 Å². The Morgan fingerprint density at radius 1 is 1.75 bits per heavy atom. The SMILES string of the molecule is O=C1POOC=C1Cl. The Labute approximate surface area is 52.4 Å². The van der Waals surface area contributed by atoms with Gasteiger partial charge < -0.3 is 4.89 Å². The van der Waals surface area contributed by atoms with Crippen LogP contribution in [0, 0.1) is 0 Å². The Kier molecular flexibility index (Phi) is 1.84. The zero-order valence-corrected chi connectivity index (χ0v) is 5.44. The standard InChI is InChI=1S/C3H2ClO3P/c4-2-1-6-7-8-3(2)5/h1,8H. The molecule has 1 rings (SSSR count). The number of carbonyl (C=O) groups is 1. The highest BCUT2D eigenvalue weighted by molar-refractivity contribution is 7.54. The van der Waals surface area contributed by atoms with Gasteiger partial charge >= 0.3 is 0 Å². The highest BCUT2D eigenvalue weighted by Gasteiger charge is 2.12. The van der Waals surface area contributed by atoms with Gasteiger partial charge in [0.25, 0.3) is 0 Å². The average Bonchev–Trinajstić information content (AvgIpc) is 1.77. The van der Waals surface area contributed by atoms with E-state index in [1.165, 1.54) is 0 Å². The summed E-state index contributed by atoms with van der Waals surface area (Å²) in [7, 11) is -0.306. The van der Waals surface area contributed by atoms with Gasteiger partial charge in [-0.2, -0.15) is 4.67 Å². The van der Waals surface area contributed by atoms with Crippen LogP contribution in [0.25, 0.3) is 0 Å². The first-order valence-electron chi connectivity index (χ1n) is 1.79. The highest BCUT2D eigenvalue weighted by atomic mass is 35.5. The van der Waals surface area contributed by atoms with E-state index in [-0.39, 0.29) is 19.4 Å². The minimum absolute atomic E-state index is 0.0922. The van der Waals surface area contributed by atoms with Crippen molar-refractivity contribution >= 4 is 25.9 Å². The number of hydrogen-bond acceptors (Lipinski definition) is 3. The first kappa shape index (κ1) is 6.02. The van der Waals surface area contributed by atoms with Crippen molar-refractivity contribution in [1.29, 1.82) is 0 Å². The van der Waals surface area contributed by atoms with Crippen LogP contribution >= 0.6 is 20.4 Å². The van der Waals surface area contributed by atoms with Gasteiger partial charge in [-0.25, -0.2) is 0 Å². The Morgan fingerprint density at radius 3 is 2.88 bits per heavy atom. The maximum absolute atomic E-state index is 10.4. The van der Waals surface area contributed by atoms with Gasteiger partial charge in [-0.15, -0.1) is 0 Å². The quantitative estimate of drug-likeness (QED) is 0.386. The van der Waals surface area contributed by atoms with E-state index in [4.69, 9.17) is 11.6 Å². The monoisotopic (exact) mass is 152 g/mol. The van der Waals surface area contributed by atoms with Crippen molar-refractivity contribution in [3.05, 3.63) is 11.3 Å². The lowest BCUT2D eigenvalue weighted by atomic mass is 10.7. The minimum atomic E-state index is -0.306. The van der Waals surface area contributed by atoms with E-state index in [1.807, 2.05) is 0 Å². The van der Waals surface area contributed by atoms with E-state index in [2.05, 4.69) is 9.56 Å². The van der Waals surface area contributed by atoms with Crippen LogP contribution in [0.2, 0.25) is 0 Å². The van der Waals surface area contributed by atoms with E-state index < -0.39 is 0 Å².